The molecule has 3 heterocycles. The third-order valence-corrected chi connectivity index (χ3v) is 11.9. The van der Waals surface area contributed by atoms with Gasteiger partial charge in [0.2, 0.25) is 0 Å². The number of aliphatic hydroxyl groups is 3. The van der Waals surface area contributed by atoms with Crippen LogP contribution in [0.2, 0.25) is 0 Å². The Kier molecular flexibility index (Phi) is 37.5. The highest BCUT2D eigenvalue weighted by Crippen LogP contribution is 1.99. The van der Waals surface area contributed by atoms with Gasteiger partial charge in [-0.1, -0.05) is 0 Å². The van der Waals surface area contributed by atoms with Crippen molar-refractivity contribution < 1.29 is 132 Å². The summed E-state index contributed by atoms with van der Waals surface area (Å²) < 4.78 is 33.9. The van der Waals surface area contributed by atoms with Gasteiger partial charge < -0.3 is 74.4 Å². The quantitative estimate of drug-likeness (QED) is 0.0188. The molecule has 0 aromatic carbocycles. The Labute approximate surface area is 533 Å². The number of rotatable bonds is 42. The second-order valence-electron chi connectivity index (χ2n) is 18.8. The minimum absolute atomic E-state index is 0.345. The molecule has 9 N–H and O–H groups in total. The van der Waals surface area contributed by atoms with Crippen LogP contribution in [0.4, 0.5) is 0 Å². The van der Waals surface area contributed by atoms with Crippen molar-refractivity contribution in [3.05, 3.63) is 94.4 Å². The standard InChI is InChI=1S/C21H27N3O15.C17H23N3O12.C13H19N3O9/c25-13(26)1-4-16(31)37-10-7-22-19(34)23(8-11-38-17(32)5-2-14(27)28)21(36)24(20(22)35)9-12-39-18(33)6-3-15(29)30;21-8-5-18-15(28)19(6-9-31-13(26)3-1-11(22)23)17(30)20(16(18)29)7-10-32-14(27)4-2-12(24)25;17-6-3-14-11(22)15(4-7-18)13(24)16(12(14)23)5-8-25-10(21)2-1-9(19)20/h1-12H2,(H,25,26)(H,27,28)(H,29,30);21H,1-10H2,(H,22,23)(H,24,25);17-18H,1-8H2,(H,19,20). The van der Waals surface area contributed by atoms with Gasteiger partial charge in [0.25, 0.3) is 0 Å². The minimum atomic E-state index is -1.24. The number of hydrogen-bond donors (Lipinski definition) is 9. The lowest BCUT2D eigenvalue weighted by atomic mass is 10.3. The molecule has 3 aromatic heterocycles. The number of hydrogen-bond acceptors (Lipinski definition) is 30. The second kappa shape index (κ2) is 43.6. The number of aliphatic hydroxyl groups excluding tert-OH is 3. The lowest BCUT2D eigenvalue weighted by Gasteiger charge is -2.14. The predicted octanol–water partition coefficient (Wildman–Crippen LogP) is -9.06. The molecule has 0 unspecified atom stereocenters. The molecular formula is C51H69N9O36. The van der Waals surface area contributed by atoms with E-state index >= 15 is 0 Å². The summed E-state index contributed by atoms with van der Waals surface area (Å²) in [6.07, 6.45) is -5.43. The highest BCUT2D eigenvalue weighted by atomic mass is 16.6. The Hall–Kier alpha value is -11.2. The van der Waals surface area contributed by atoms with E-state index in [4.69, 9.17) is 74.4 Å². The largest absolute Gasteiger partial charge is 0.481 e. The van der Waals surface area contributed by atoms with Gasteiger partial charge in [-0.05, 0) is 0 Å². The van der Waals surface area contributed by atoms with Crippen LogP contribution in [0, 0.1) is 0 Å². The second-order valence-corrected chi connectivity index (χ2v) is 18.8. The minimum Gasteiger partial charge on any atom is -0.481 e. The zero-order chi connectivity index (χ0) is 72.8. The predicted molar refractivity (Wildman–Crippen MR) is 306 cm³/mol. The summed E-state index contributed by atoms with van der Waals surface area (Å²) >= 11 is 0. The van der Waals surface area contributed by atoms with E-state index in [1.165, 1.54) is 0 Å². The lowest BCUT2D eigenvalue weighted by Crippen LogP contribution is -2.55. The zero-order valence-corrected chi connectivity index (χ0v) is 50.8. The van der Waals surface area contributed by atoms with Gasteiger partial charge in [-0.15, -0.1) is 0 Å². The van der Waals surface area contributed by atoms with Crippen LogP contribution in [-0.4, -0.2) is 218 Å². The average molecular weight is 1380 g/mol. The molecule has 0 fully saturated rings. The van der Waals surface area contributed by atoms with Gasteiger partial charge in [0.15, 0.2) is 0 Å². The number of aromatic nitrogens is 9. The van der Waals surface area contributed by atoms with Gasteiger partial charge in [-0.3, -0.25) is 57.5 Å². The first kappa shape index (κ1) is 82.8. The fourth-order valence-corrected chi connectivity index (χ4v) is 7.26. The molecule has 534 valence electrons. The van der Waals surface area contributed by atoms with Crippen LogP contribution < -0.4 is 51.2 Å². The Morgan fingerprint density at radius 1 is 0.208 bits per heavy atom. The van der Waals surface area contributed by atoms with Gasteiger partial charge in [-0.25, -0.2) is 84.3 Å². The van der Waals surface area contributed by atoms with Gasteiger partial charge in [0, 0.05) is 0 Å². The first-order valence-corrected chi connectivity index (χ1v) is 28.1. The number of carbonyl (C=O) groups is 12. The molecule has 0 bridgehead atoms. The average Bonchev–Trinajstić information content (AvgIpc) is 0.806. The molecule has 0 atom stereocenters. The van der Waals surface area contributed by atoms with Crippen LogP contribution in [0.5, 0.6) is 0 Å². The monoisotopic (exact) mass is 1380 g/mol. The highest BCUT2D eigenvalue weighted by Gasteiger charge is 2.21. The van der Waals surface area contributed by atoms with Crippen LogP contribution in [0.15, 0.2) is 43.2 Å². The highest BCUT2D eigenvalue weighted by molar-refractivity contribution is 5.79. The van der Waals surface area contributed by atoms with Crippen molar-refractivity contribution in [3.63, 3.8) is 0 Å². The normalized spacial score (nSPS) is 10.5. The molecule has 45 heteroatoms. The summed E-state index contributed by atoms with van der Waals surface area (Å²) in [5, 5.41) is 78.3. The number of aliphatic carboxylic acids is 6. The first-order chi connectivity index (χ1) is 45.2. The first-order valence-electron chi connectivity index (χ1n) is 28.1. The molecule has 3 rings (SSSR count). The molecule has 0 saturated carbocycles. The fraction of sp³-hybridized carbons (Fsp3) is 0.588. The number of ether oxygens (including phenoxy) is 6. The van der Waals surface area contributed by atoms with Crippen LogP contribution in [-0.2, 0) is 145 Å². The van der Waals surface area contributed by atoms with E-state index in [0.29, 0.717) is 41.1 Å². The molecule has 0 amide bonds. The number of carboxylic acids is 6. The Morgan fingerprint density at radius 3 is 0.427 bits per heavy atom. The van der Waals surface area contributed by atoms with Crippen molar-refractivity contribution in [1.29, 1.82) is 0 Å². The Morgan fingerprint density at radius 2 is 0.323 bits per heavy atom. The summed E-state index contributed by atoms with van der Waals surface area (Å²) in [5.74, 6) is -12.6. The van der Waals surface area contributed by atoms with E-state index < -0.39 is 286 Å². The van der Waals surface area contributed by atoms with Crippen molar-refractivity contribution in [3.8, 4) is 0 Å². The molecule has 45 nitrogen and oxygen atoms in total. The maximum atomic E-state index is 12.8. The summed E-state index contributed by atoms with van der Waals surface area (Å²) in [6, 6.07) is 0. The molecule has 0 radical (unpaired) electrons. The third kappa shape index (κ3) is 30.0. The maximum Gasteiger partial charge on any atom is 0.336 e. The van der Waals surface area contributed by atoms with E-state index in [1.54, 1.807) is 0 Å². The van der Waals surface area contributed by atoms with E-state index in [1.807, 2.05) is 0 Å². The fourth-order valence-electron chi connectivity index (χ4n) is 7.26. The van der Waals surface area contributed by atoms with Gasteiger partial charge in [0.1, 0.15) is 39.6 Å². The van der Waals surface area contributed by atoms with E-state index in [-0.39, 0.29) is 32.7 Å². The Balaban J connectivity index is 0.000000737. The third-order valence-electron chi connectivity index (χ3n) is 11.9. The van der Waals surface area contributed by atoms with Gasteiger partial charge >= 0.3 is 123 Å². The molecule has 3 aromatic rings. The number of nitrogens with zero attached hydrogens (tertiary/aromatic N) is 9. The van der Waals surface area contributed by atoms with Crippen LogP contribution in [0.25, 0.3) is 0 Å². The number of carbonyl (C=O) groups excluding carboxylic acids is 6. The van der Waals surface area contributed by atoms with E-state index in [2.05, 4.69) is 0 Å². The molecule has 0 aliphatic heterocycles. The maximum absolute atomic E-state index is 12.8. The molecule has 0 aliphatic carbocycles. The molecule has 0 aliphatic rings. The summed E-state index contributed by atoms with van der Waals surface area (Å²) in [6.45, 7) is -8.62. The topological polar surface area (TPSA) is 640 Å². The van der Waals surface area contributed by atoms with Crippen molar-refractivity contribution >= 4 is 71.6 Å². The smallest absolute Gasteiger partial charge is 0.336 e. The number of esters is 6. The zero-order valence-electron chi connectivity index (χ0n) is 50.8. The van der Waals surface area contributed by atoms with Gasteiger partial charge in [0.05, 0.1) is 156 Å². The van der Waals surface area contributed by atoms with Crippen LogP contribution >= 0.6 is 0 Å². The summed E-state index contributed by atoms with van der Waals surface area (Å²) in [7, 11) is 0. The lowest BCUT2D eigenvalue weighted by molar-refractivity contribution is -0.148. The van der Waals surface area contributed by atoms with Crippen molar-refractivity contribution in [2.45, 2.75) is 136 Å². The number of carboxylic acid groups (broad SMARTS) is 6. The molecule has 0 spiro atoms. The molecular weight excluding hydrogens is 1310 g/mol. The van der Waals surface area contributed by atoms with Crippen molar-refractivity contribution in [2.75, 3.05) is 59.5 Å². The molecule has 96 heavy (non-hydrogen) atoms. The SMILES string of the molecule is O=C(O)CCC(=O)OCCn1c(=O)n(CCO)c(=O)n(CCO)c1=O.O=C(O)CCC(=O)OCCn1c(=O)n(CCO)c(=O)n(CCOC(=O)CCC(=O)O)c1=O.O=C(O)CCC(=O)OCCn1c(=O)n(CCOC(=O)CCC(=O)O)c(=O)n(CCOC(=O)CCC(=O)O)c1=O. The summed E-state index contributed by atoms with van der Waals surface area (Å²) in [5.41, 5.74) is -9.64. The van der Waals surface area contributed by atoms with Crippen molar-refractivity contribution in [2.24, 2.45) is 0 Å². The van der Waals surface area contributed by atoms with Crippen LogP contribution in [0.3, 0.4) is 0 Å². The summed E-state index contributed by atoms with van der Waals surface area (Å²) in [4.78, 5) is 244. The van der Waals surface area contributed by atoms with Gasteiger partial charge in [-0.2, -0.15) is 0 Å². The van der Waals surface area contributed by atoms with E-state index in [9.17, 15) is 101 Å². The van der Waals surface area contributed by atoms with Crippen molar-refractivity contribution in [1.82, 2.24) is 41.1 Å². The Bertz CT molecular complexity index is 3530. The van der Waals surface area contributed by atoms with Crippen LogP contribution in [0.1, 0.15) is 77.0 Å². The van der Waals surface area contributed by atoms with E-state index in [0.717, 1.165) is 0 Å². The molecule has 0 saturated heterocycles.